The molecule has 1 aromatic carbocycles. The quantitative estimate of drug-likeness (QED) is 0.767. The van der Waals surface area contributed by atoms with E-state index in [0.717, 1.165) is 0 Å². The summed E-state index contributed by atoms with van der Waals surface area (Å²) in [6.07, 6.45) is 3.95. The van der Waals surface area contributed by atoms with Gasteiger partial charge in [0.25, 0.3) is 10.0 Å². The Morgan fingerprint density at radius 2 is 1.92 bits per heavy atom. The number of para-hydroxylation sites is 1. The Bertz CT molecular complexity index is 962. The van der Waals surface area contributed by atoms with Crippen molar-refractivity contribution < 1.29 is 12.8 Å². The van der Waals surface area contributed by atoms with Crippen LogP contribution in [-0.4, -0.2) is 28.0 Å². The Morgan fingerprint density at radius 3 is 2.62 bits per heavy atom. The van der Waals surface area contributed by atoms with E-state index in [9.17, 15) is 12.8 Å². The zero-order chi connectivity index (χ0) is 17.3. The van der Waals surface area contributed by atoms with E-state index in [1.54, 1.807) is 22.9 Å². The molecule has 3 aromatic rings. The highest BCUT2D eigenvalue weighted by molar-refractivity contribution is 7.92. The van der Waals surface area contributed by atoms with Crippen molar-refractivity contribution in [3.63, 3.8) is 0 Å². The largest absolute Gasteiger partial charge is 0.266 e. The number of aromatic nitrogens is 4. The van der Waals surface area contributed by atoms with E-state index < -0.39 is 15.8 Å². The van der Waals surface area contributed by atoms with Crippen LogP contribution in [0.2, 0.25) is 0 Å². The van der Waals surface area contributed by atoms with Gasteiger partial charge in [-0.05, 0) is 26.0 Å². The fourth-order valence-electron chi connectivity index (χ4n) is 2.22. The second-order valence-electron chi connectivity index (χ2n) is 5.43. The van der Waals surface area contributed by atoms with Crippen LogP contribution < -0.4 is 4.72 Å². The highest BCUT2D eigenvalue weighted by atomic mass is 32.2. The molecule has 3 rings (SSSR count). The van der Waals surface area contributed by atoms with E-state index >= 15 is 0 Å². The van der Waals surface area contributed by atoms with Gasteiger partial charge in [0.2, 0.25) is 0 Å². The monoisotopic (exact) mass is 349 g/mol. The number of halogens is 1. The highest BCUT2D eigenvalue weighted by Crippen LogP contribution is 2.20. The molecule has 126 valence electrons. The Balaban J connectivity index is 1.91. The Morgan fingerprint density at radius 1 is 1.17 bits per heavy atom. The molecule has 24 heavy (non-hydrogen) atoms. The van der Waals surface area contributed by atoms with Gasteiger partial charge in [-0.1, -0.05) is 12.1 Å². The minimum Gasteiger partial charge on any atom is -0.263 e. The lowest BCUT2D eigenvalue weighted by atomic mass is 10.3. The Kier molecular flexibility index (Phi) is 4.10. The summed E-state index contributed by atoms with van der Waals surface area (Å²) in [5, 5.41) is 8.01. The zero-order valence-corrected chi connectivity index (χ0v) is 13.9. The van der Waals surface area contributed by atoms with Crippen LogP contribution in [0, 0.1) is 5.82 Å². The summed E-state index contributed by atoms with van der Waals surface area (Å²) in [6, 6.07) is 7.56. The van der Waals surface area contributed by atoms with E-state index in [1.165, 1.54) is 35.4 Å². The molecule has 9 heteroatoms. The molecule has 0 spiro atoms. The van der Waals surface area contributed by atoms with Gasteiger partial charge in [-0.3, -0.25) is 4.72 Å². The van der Waals surface area contributed by atoms with Crippen molar-refractivity contribution in [1.82, 2.24) is 19.6 Å². The van der Waals surface area contributed by atoms with Crippen LogP contribution in [-0.2, 0) is 10.0 Å². The van der Waals surface area contributed by atoms with Crippen molar-refractivity contribution in [2.24, 2.45) is 0 Å². The van der Waals surface area contributed by atoms with Gasteiger partial charge < -0.3 is 0 Å². The third-order valence-electron chi connectivity index (χ3n) is 3.37. The van der Waals surface area contributed by atoms with Crippen LogP contribution in [0.1, 0.15) is 19.9 Å². The number of sulfonamides is 1. The molecular weight excluding hydrogens is 333 g/mol. The van der Waals surface area contributed by atoms with Crippen molar-refractivity contribution >= 4 is 15.8 Å². The summed E-state index contributed by atoms with van der Waals surface area (Å²) in [5.41, 5.74) is 0.172. The van der Waals surface area contributed by atoms with Gasteiger partial charge in [0, 0.05) is 12.1 Å². The lowest BCUT2D eigenvalue weighted by Gasteiger charge is -2.12. The van der Waals surface area contributed by atoms with Crippen LogP contribution in [0.25, 0.3) is 5.69 Å². The second-order valence-corrected chi connectivity index (χ2v) is 7.11. The van der Waals surface area contributed by atoms with E-state index in [0.29, 0.717) is 5.82 Å². The average Bonchev–Trinajstić information content (AvgIpc) is 3.16. The van der Waals surface area contributed by atoms with Gasteiger partial charge in [0.1, 0.15) is 22.2 Å². The first-order valence-corrected chi connectivity index (χ1v) is 8.73. The standard InChI is InChI=1S/C15H16FN5O2S/c1-11(2)21-15(7-8-17-21)19-24(22,23)12-9-18-20(10-12)14-6-4-3-5-13(14)16/h3-11,19H,1-2H3. The van der Waals surface area contributed by atoms with Gasteiger partial charge >= 0.3 is 0 Å². The molecule has 0 aliphatic heterocycles. The van der Waals surface area contributed by atoms with Crippen LogP contribution >= 0.6 is 0 Å². The average molecular weight is 349 g/mol. The zero-order valence-electron chi connectivity index (χ0n) is 13.1. The molecular formula is C15H16FN5O2S. The van der Waals surface area contributed by atoms with Crippen molar-refractivity contribution in [2.45, 2.75) is 24.8 Å². The van der Waals surface area contributed by atoms with Gasteiger partial charge in [-0.2, -0.15) is 10.2 Å². The minimum absolute atomic E-state index is 0.00108. The third-order valence-corrected chi connectivity index (χ3v) is 4.68. The number of anilines is 1. The van der Waals surface area contributed by atoms with Crippen molar-refractivity contribution in [3.8, 4) is 5.69 Å². The van der Waals surface area contributed by atoms with Gasteiger partial charge in [0.15, 0.2) is 0 Å². The number of hydrogen-bond acceptors (Lipinski definition) is 4. The molecule has 0 aliphatic carbocycles. The molecule has 0 bridgehead atoms. The summed E-state index contributed by atoms with van der Waals surface area (Å²) in [4.78, 5) is -0.0674. The molecule has 0 saturated heterocycles. The highest BCUT2D eigenvalue weighted by Gasteiger charge is 2.20. The summed E-state index contributed by atoms with van der Waals surface area (Å²) < 4.78 is 44.0. The number of nitrogens with zero attached hydrogens (tertiary/aromatic N) is 4. The summed E-state index contributed by atoms with van der Waals surface area (Å²) in [5.74, 6) is -0.140. The van der Waals surface area contributed by atoms with E-state index in [1.807, 2.05) is 13.8 Å². The van der Waals surface area contributed by atoms with Crippen LogP contribution in [0.3, 0.4) is 0 Å². The van der Waals surface area contributed by atoms with Crippen molar-refractivity contribution in [1.29, 1.82) is 0 Å². The maximum Gasteiger partial charge on any atom is 0.266 e. The first-order chi connectivity index (χ1) is 11.4. The van der Waals surface area contributed by atoms with Crippen LogP contribution in [0.5, 0.6) is 0 Å². The summed E-state index contributed by atoms with van der Waals surface area (Å²) in [6.45, 7) is 3.78. The number of benzene rings is 1. The molecule has 2 aromatic heterocycles. The smallest absolute Gasteiger partial charge is 0.263 e. The minimum atomic E-state index is -3.86. The maximum absolute atomic E-state index is 13.8. The maximum atomic E-state index is 13.8. The van der Waals surface area contributed by atoms with Gasteiger partial charge in [0.05, 0.1) is 18.6 Å². The van der Waals surface area contributed by atoms with E-state index in [-0.39, 0.29) is 16.6 Å². The molecule has 2 heterocycles. The Hall–Kier alpha value is -2.68. The van der Waals surface area contributed by atoms with E-state index in [2.05, 4.69) is 14.9 Å². The SMILES string of the molecule is CC(C)n1nccc1NS(=O)(=O)c1cnn(-c2ccccc2F)c1. The molecule has 0 aliphatic rings. The van der Waals surface area contributed by atoms with Crippen LogP contribution in [0.15, 0.2) is 53.8 Å². The molecule has 0 unspecified atom stereocenters. The Labute approximate surface area is 138 Å². The molecule has 0 radical (unpaired) electrons. The first kappa shape index (κ1) is 16.2. The molecule has 0 atom stereocenters. The normalized spacial score (nSPS) is 11.8. The fraction of sp³-hybridized carbons (Fsp3) is 0.200. The molecule has 7 nitrogen and oxygen atoms in total. The molecule has 0 saturated carbocycles. The second kappa shape index (κ2) is 6.08. The number of hydrogen-bond donors (Lipinski definition) is 1. The van der Waals surface area contributed by atoms with Gasteiger partial charge in [-0.25, -0.2) is 22.2 Å². The number of rotatable bonds is 5. The molecule has 0 fully saturated rings. The third kappa shape index (κ3) is 3.02. The van der Waals surface area contributed by atoms with E-state index in [4.69, 9.17) is 0 Å². The van der Waals surface area contributed by atoms with Gasteiger partial charge in [-0.15, -0.1) is 0 Å². The molecule has 0 amide bonds. The van der Waals surface area contributed by atoms with Crippen molar-refractivity contribution in [3.05, 3.63) is 54.7 Å². The lowest BCUT2D eigenvalue weighted by Crippen LogP contribution is -2.17. The lowest BCUT2D eigenvalue weighted by molar-refractivity contribution is 0.539. The van der Waals surface area contributed by atoms with Crippen LogP contribution in [0.4, 0.5) is 10.2 Å². The predicted molar refractivity (Wildman–Crippen MR) is 86.9 cm³/mol. The molecule has 1 N–H and O–H groups in total. The first-order valence-electron chi connectivity index (χ1n) is 7.24. The van der Waals surface area contributed by atoms with Crippen molar-refractivity contribution in [2.75, 3.05) is 4.72 Å². The summed E-state index contributed by atoms with van der Waals surface area (Å²) in [7, 11) is -3.86. The predicted octanol–water partition coefficient (Wildman–Crippen LogP) is 2.59. The fourth-order valence-corrected chi connectivity index (χ4v) is 3.20. The topological polar surface area (TPSA) is 81.8 Å². The summed E-state index contributed by atoms with van der Waals surface area (Å²) >= 11 is 0. The number of nitrogens with one attached hydrogen (secondary N) is 1.